The first-order chi connectivity index (χ1) is 12.3. The van der Waals surface area contributed by atoms with Crippen LogP contribution < -0.4 is 10.6 Å². The maximum atomic E-state index is 6.41. The molecule has 4 heterocycles. The van der Waals surface area contributed by atoms with Crippen LogP contribution in [-0.2, 0) is 0 Å². The van der Waals surface area contributed by atoms with E-state index in [1.165, 1.54) is 51.6 Å². The van der Waals surface area contributed by atoms with Crippen molar-refractivity contribution >= 4 is 11.5 Å². The molecule has 2 aliphatic heterocycles. The Bertz CT molecular complexity index is 677. The average molecular weight is 341 g/mol. The summed E-state index contributed by atoms with van der Waals surface area (Å²) >= 11 is 0. The largest absolute Gasteiger partial charge is 0.393 e. The second-order valence-electron chi connectivity index (χ2n) is 7.08. The van der Waals surface area contributed by atoms with Gasteiger partial charge in [0.1, 0.15) is 12.0 Å². The minimum absolute atomic E-state index is 0.606. The average Bonchev–Trinajstić information content (AvgIpc) is 3.04. The number of anilines is 2. The van der Waals surface area contributed by atoms with Crippen molar-refractivity contribution in [2.45, 2.75) is 44.6 Å². The minimum atomic E-state index is 0.606. The standard InChI is InChI=1S/C18H27N7/c19-16-17(20-14-21-18(16)25-12-6-8-22-25)24-11-5-7-15(13-24)23-9-3-1-2-4-10-23/h6,8,12,14-15H,1-5,7,9-11,13,19H2/t15-/m0/s1. The van der Waals surface area contributed by atoms with Crippen LogP contribution in [0.1, 0.15) is 38.5 Å². The summed E-state index contributed by atoms with van der Waals surface area (Å²) in [7, 11) is 0. The third kappa shape index (κ3) is 3.46. The SMILES string of the molecule is Nc1c(N2CCC[C@H](N3CCCCCC3)C2)ncnc1-n1cccn1. The van der Waals surface area contributed by atoms with Gasteiger partial charge in [0.05, 0.1) is 0 Å². The van der Waals surface area contributed by atoms with Crippen LogP contribution in [0, 0.1) is 0 Å². The van der Waals surface area contributed by atoms with Crippen LogP contribution in [0.3, 0.4) is 0 Å². The monoisotopic (exact) mass is 341 g/mol. The molecule has 0 amide bonds. The summed E-state index contributed by atoms with van der Waals surface area (Å²) in [5.74, 6) is 1.51. The Balaban J connectivity index is 1.54. The number of rotatable bonds is 3. The molecule has 0 unspecified atom stereocenters. The summed E-state index contributed by atoms with van der Waals surface area (Å²) < 4.78 is 1.71. The highest BCUT2D eigenvalue weighted by molar-refractivity contribution is 5.70. The van der Waals surface area contributed by atoms with Gasteiger partial charge in [-0.05, 0) is 44.8 Å². The number of aromatic nitrogens is 4. The quantitative estimate of drug-likeness (QED) is 0.921. The molecule has 4 rings (SSSR count). The first-order valence-electron chi connectivity index (χ1n) is 9.42. The Labute approximate surface area is 148 Å². The van der Waals surface area contributed by atoms with Crippen molar-refractivity contribution in [3.05, 3.63) is 24.8 Å². The van der Waals surface area contributed by atoms with Crippen molar-refractivity contribution in [1.29, 1.82) is 0 Å². The highest BCUT2D eigenvalue weighted by atomic mass is 15.3. The molecule has 1 atom stereocenters. The van der Waals surface area contributed by atoms with Gasteiger partial charge in [-0.15, -0.1) is 0 Å². The van der Waals surface area contributed by atoms with Crippen molar-refractivity contribution in [2.75, 3.05) is 36.8 Å². The molecular formula is C18H27N7. The van der Waals surface area contributed by atoms with Crippen LogP contribution in [0.2, 0.25) is 0 Å². The van der Waals surface area contributed by atoms with Gasteiger partial charge in [0.25, 0.3) is 0 Å². The summed E-state index contributed by atoms with van der Waals surface area (Å²) in [5.41, 5.74) is 7.03. The summed E-state index contributed by atoms with van der Waals surface area (Å²) in [6.07, 6.45) is 13.0. The van der Waals surface area contributed by atoms with E-state index in [-0.39, 0.29) is 0 Å². The third-order valence-corrected chi connectivity index (χ3v) is 5.42. The van der Waals surface area contributed by atoms with Gasteiger partial charge in [0, 0.05) is 31.5 Å². The predicted molar refractivity (Wildman–Crippen MR) is 98.8 cm³/mol. The molecule has 7 nitrogen and oxygen atoms in total. The molecule has 2 fully saturated rings. The number of hydrogen-bond acceptors (Lipinski definition) is 6. The lowest BCUT2D eigenvalue weighted by atomic mass is 10.0. The van der Waals surface area contributed by atoms with E-state index in [0.717, 1.165) is 18.9 Å². The zero-order valence-corrected chi connectivity index (χ0v) is 14.7. The fourth-order valence-electron chi connectivity index (χ4n) is 4.11. The van der Waals surface area contributed by atoms with Gasteiger partial charge in [-0.2, -0.15) is 5.10 Å². The van der Waals surface area contributed by atoms with Crippen molar-refractivity contribution < 1.29 is 0 Å². The summed E-state index contributed by atoms with van der Waals surface area (Å²) in [6.45, 7) is 4.47. The number of hydrogen-bond donors (Lipinski definition) is 1. The van der Waals surface area contributed by atoms with Gasteiger partial charge in [0.15, 0.2) is 11.6 Å². The van der Waals surface area contributed by atoms with Crippen molar-refractivity contribution in [3.63, 3.8) is 0 Å². The maximum absolute atomic E-state index is 6.41. The number of nitrogens with two attached hydrogens (primary N) is 1. The zero-order valence-electron chi connectivity index (χ0n) is 14.7. The highest BCUT2D eigenvalue weighted by Gasteiger charge is 2.28. The lowest BCUT2D eigenvalue weighted by Crippen LogP contribution is -2.48. The van der Waals surface area contributed by atoms with Crippen LogP contribution in [0.4, 0.5) is 11.5 Å². The first kappa shape index (κ1) is 16.3. The Morgan fingerprint density at radius 3 is 2.52 bits per heavy atom. The van der Waals surface area contributed by atoms with E-state index in [0.29, 0.717) is 17.5 Å². The van der Waals surface area contributed by atoms with E-state index >= 15 is 0 Å². The summed E-state index contributed by atoms with van der Waals surface area (Å²) in [6, 6.07) is 2.48. The number of piperidine rings is 1. The van der Waals surface area contributed by atoms with E-state index < -0.39 is 0 Å². The first-order valence-corrected chi connectivity index (χ1v) is 9.42. The molecule has 0 saturated carbocycles. The van der Waals surface area contributed by atoms with Crippen molar-refractivity contribution in [1.82, 2.24) is 24.6 Å². The van der Waals surface area contributed by atoms with Crippen LogP contribution in [0.5, 0.6) is 0 Å². The van der Waals surface area contributed by atoms with Gasteiger partial charge in [-0.25, -0.2) is 14.6 Å². The van der Waals surface area contributed by atoms with E-state index in [4.69, 9.17) is 5.73 Å². The second kappa shape index (κ2) is 7.39. The molecule has 0 bridgehead atoms. The van der Waals surface area contributed by atoms with Gasteiger partial charge in [-0.1, -0.05) is 12.8 Å². The molecule has 134 valence electrons. The molecule has 7 heteroatoms. The van der Waals surface area contributed by atoms with Gasteiger partial charge in [-0.3, -0.25) is 4.90 Å². The fraction of sp³-hybridized carbons (Fsp3) is 0.611. The third-order valence-electron chi connectivity index (χ3n) is 5.42. The Kier molecular flexibility index (Phi) is 4.83. The summed E-state index contributed by atoms with van der Waals surface area (Å²) in [4.78, 5) is 13.8. The van der Waals surface area contributed by atoms with E-state index in [1.807, 2.05) is 12.3 Å². The number of nitrogens with zero attached hydrogens (tertiary/aromatic N) is 6. The molecule has 0 aliphatic carbocycles. The van der Waals surface area contributed by atoms with Crippen molar-refractivity contribution in [3.8, 4) is 5.82 Å². The van der Waals surface area contributed by atoms with Crippen LogP contribution in [0.15, 0.2) is 24.8 Å². The summed E-state index contributed by atoms with van der Waals surface area (Å²) in [5, 5.41) is 4.25. The molecular weight excluding hydrogens is 314 g/mol. The van der Waals surface area contributed by atoms with E-state index in [1.54, 1.807) is 17.2 Å². The van der Waals surface area contributed by atoms with Crippen LogP contribution in [-0.4, -0.2) is 56.9 Å². The minimum Gasteiger partial charge on any atom is -0.393 e. The number of nitrogen functional groups attached to an aromatic ring is 1. The van der Waals surface area contributed by atoms with Gasteiger partial charge in [0.2, 0.25) is 0 Å². The molecule has 2 saturated heterocycles. The maximum Gasteiger partial charge on any atom is 0.181 e. The molecule has 2 aromatic rings. The molecule has 25 heavy (non-hydrogen) atoms. The lowest BCUT2D eigenvalue weighted by molar-refractivity contribution is 0.182. The highest BCUT2D eigenvalue weighted by Crippen LogP contribution is 2.29. The van der Waals surface area contributed by atoms with Crippen molar-refractivity contribution in [2.24, 2.45) is 0 Å². The Hall–Kier alpha value is -2.15. The zero-order chi connectivity index (χ0) is 17.1. The van der Waals surface area contributed by atoms with E-state index in [2.05, 4.69) is 24.9 Å². The molecule has 2 aliphatic rings. The van der Waals surface area contributed by atoms with Crippen LogP contribution in [0.25, 0.3) is 5.82 Å². The second-order valence-corrected chi connectivity index (χ2v) is 7.08. The molecule has 2 N–H and O–H groups in total. The normalized spacial score (nSPS) is 22.7. The van der Waals surface area contributed by atoms with Gasteiger partial charge < -0.3 is 10.6 Å². The fourth-order valence-corrected chi connectivity index (χ4v) is 4.11. The molecule has 0 spiro atoms. The lowest BCUT2D eigenvalue weighted by Gasteiger charge is -2.39. The molecule has 0 aromatic carbocycles. The van der Waals surface area contributed by atoms with E-state index in [9.17, 15) is 0 Å². The van der Waals surface area contributed by atoms with Crippen LogP contribution >= 0.6 is 0 Å². The Morgan fingerprint density at radius 2 is 1.76 bits per heavy atom. The molecule has 0 radical (unpaired) electrons. The number of likely N-dealkylation sites (tertiary alicyclic amines) is 1. The predicted octanol–water partition coefficient (Wildman–Crippen LogP) is 2.09. The topological polar surface area (TPSA) is 76.1 Å². The Morgan fingerprint density at radius 1 is 0.960 bits per heavy atom. The van der Waals surface area contributed by atoms with Gasteiger partial charge >= 0.3 is 0 Å². The smallest absolute Gasteiger partial charge is 0.181 e. The molecule has 2 aromatic heterocycles.